The van der Waals surface area contributed by atoms with Gasteiger partial charge in [0.15, 0.2) is 5.13 Å². The number of carbonyl (C=O) groups excluding carboxylic acids is 1. The molecular weight excluding hydrogens is 386 g/mol. The van der Waals surface area contributed by atoms with Gasteiger partial charge in [0.2, 0.25) is 5.95 Å². The normalized spacial score (nSPS) is 12.3. The first-order valence-corrected chi connectivity index (χ1v) is 10.2. The molecule has 2 heterocycles. The van der Waals surface area contributed by atoms with Crippen molar-refractivity contribution >= 4 is 28.5 Å². The van der Waals surface area contributed by atoms with Crippen LogP contribution >= 0.6 is 11.3 Å². The minimum atomic E-state index is -0.570. The second-order valence-corrected chi connectivity index (χ2v) is 8.53. The number of amides is 1. The van der Waals surface area contributed by atoms with E-state index in [1.54, 1.807) is 12.4 Å². The van der Waals surface area contributed by atoms with Crippen LogP contribution in [0.4, 0.5) is 15.9 Å². The average molecular weight is 412 g/mol. The Morgan fingerprint density at radius 2 is 1.86 bits per heavy atom. The van der Waals surface area contributed by atoms with Gasteiger partial charge in [0.05, 0.1) is 11.7 Å². The Bertz CT molecular complexity index is 936. The molecule has 3 aromatic rings. The van der Waals surface area contributed by atoms with Gasteiger partial charge in [-0.1, -0.05) is 30.3 Å². The number of carbonyl (C=O) groups is 1. The van der Waals surface area contributed by atoms with Gasteiger partial charge in [0.1, 0.15) is 5.60 Å². The molecule has 0 bridgehead atoms. The van der Waals surface area contributed by atoms with Gasteiger partial charge in [-0.2, -0.15) is 0 Å². The van der Waals surface area contributed by atoms with E-state index in [9.17, 15) is 4.79 Å². The van der Waals surface area contributed by atoms with Crippen LogP contribution in [0.15, 0.2) is 48.1 Å². The predicted molar refractivity (Wildman–Crippen MR) is 114 cm³/mol. The molecule has 0 saturated heterocycles. The fraction of sp³-hybridized carbons (Fsp3) is 0.333. The fourth-order valence-electron chi connectivity index (χ4n) is 2.59. The third-order valence-corrected chi connectivity index (χ3v) is 4.63. The first kappa shape index (κ1) is 20.7. The molecule has 0 fully saturated rings. The molecule has 1 atom stereocenters. The van der Waals surface area contributed by atoms with Gasteiger partial charge in [-0.3, -0.25) is 0 Å². The van der Waals surface area contributed by atoms with Gasteiger partial charge in [-0.05, 0) is 45.2 Å². The van der Waals surface area contributed by atoms with Crippen molar-refractivity contribution in [2.45, 2.75) is 45.8 Å². The maximum atomic E-state index is 12.4. The summed E-state index contributed by atoms with van der Waals surface area (Å²) < 4.78 is 5.43. The van der Waals surface area contributed by atoms with Crippen LogP contribution in [0.2, 0.25) is 0 Å². The molecule has 1 amide bonds. The summed E-state index contributed by atoms with van der Waals surface area (Å²) in [5.74, 6) is 0.483. The van der Waals surface area contributed by atoms with Crippen molar-refractivity contribution in [2.24, 2.45) is 0 Å². The quantitative estimate of drug-likeness (QED) is 0.606. The number of nitrogens with zero attached hydrogens (tertiary/aromatic N) is 3. The Morgan fingerprint density at radius 1 is 1.17 bits per heavy atom. The van der Waals surface area contributed by atoms with Crippen LogP contribution in [0.3, 0.4) is 0 Å². The van der Waals surface area contributed by atoms with E-state index in [1.807, 2.05) is 63.4 Å². The van der Waals surface area contributed by atoms with Crippen LogP contribution in [0, 0.1) is 6.92 Å². The Hall–Kier alpha value is -3.00. The zero-order valence-electron chi connectivity index (χ0n) is 17.0. The number of aromatic nitrogens is 3. The summed E-state index contributed by atoms with van der Waals surface area (Å²) in [6, 6.07) is 9.64. The number of rotatable bonds is 6. The molecule has 1 aromatic carbocycles. The third kappa shape index (κ3) is 6.53. The van der Waals surface area contributed by atoms with E-state index in [2.05, 4.69) is 25.6 Å². The molecule has 0 aliphatic heterocycles. The van der Waals surface area contributed by atoms with Crippen LogP contribution in [-0.2, 0) is 11.2 Å². The number of nitrogens with one attached hydrogen (secondary N) is 2. The van der Waals surface area contributed by atoms with Crippen molar-refractivity contribution < 1.29 is 9.53 Å². The zero-order valence-corrected chi connectivity index (χ0v) is 17.8. The van der Waals surface area contributed by atoms with Crippen LogP contribution in [0.25, 0.3) is 0 Å². The van der Waals surface area contributed by atoms with Crippen molar-refractivity contribution in [3.05, 3.63) is 64.9 Å². The van der Waals surface area contributed by atoms with Crippen molar-refractivity contribution in [1.29, 1.82) is 0 Å². The number of hydrogen-bond acceptors (Lipinski definition) is 7. The number of ether oxygens (including phenoxy) is 1. The topological polar surface area (TPSA) is 89.0 Å². The van der Waals surface area contributed by atoms with E-state index in [1.165, 1.54) is 11.3 Å². The predicted octanol–water partition coefficient (Wildman–Crippen LogP) is 4.79. The summed E-state index contributed by atoms with van der Waals surface area (Å²) in [5.41, 5.74) is 2.26. The smallest absolute Gasteiger partial charge is 0.408 e. The molecule has 29 heavy (non-hydrogen) atoms. The van der Waals surface area contributed by atoms with Crippen LogP contribution < -0.4 is 10.6 Å². The molecule has 0 radical (unpaired) electrons. The van der Waals surface area contributed by atoms with Crippen molar-refractivity contribution in [2.75, 3.05) is 5.32 Å². The summed E-state index contributed by atoms with van der Waals surface area (Å²) in [4.78, 5) is 25.5. The number of benzene rings is 1. The van der Waals surface area contributed by atoms with E-state index in [4.69, 9.17) is 4.74 Å². The van der Waals surface area contributed by atoms with Gasteiger partial charge < -0.3 is 15.4 Å². The molecule has 2 N–H and O–H groups in total. The minimum absolute atomic E-state index is 0.321. The maximum absolute atomic E-state index is 12.4. The first-order chi connectivity index (χ1) is 13.8. The minimum Gasteiger partial charge on any atom is -0.444 e. The Balaban J connectivity index is 1.76. The van der Waals surface area contributed by atoms with Gasteiger partial charge in [0, 0.05) is 17.8 Å². The molecule has 8 heteroatoms. The number of aryl methyl sites for hydroxylation is 1. The molecule has 152 valence electrons. The maximum Gasteiger partial charge on any atom is 0.408 e. The average Bonchev–Trinajstić information content (AvgIpc) is 3.11. The highest BCUT2D eigenvalue weighted by molar-refractivity contribution is 7.13. The Labute approximate surface area is 174 Å². The van der Waals surface area contributed by atoms with E-state index in [0.717, 1.165) is 16.8 Å². The first-order valence-electron chi connectivity index (χ1n) is 9.33. The molecule has 0 saturated carbocycles. The molecule has 0 aliphatic carbocycles. The standard InChI is InChI=1S/C21H25N5O2S/c1-14-11-22-18(23-12-14)26-19-24-17(13-29-19)16(10-15-8-6-5-7-9-15)25-20(27)28-21(2,3)4/h5-9,11-13,16H,10H2,1-4H3,(H,25,27)(H,22,23,24,26)/t16-/m0/s1. The van der Waals surface area contributed by atoms with E-state index < -0.39 is 11.7 Å². The lowest BCUT2D eigenvalue weighted by Gasteiger charge is -2.23. The molecule has 3 rings (SSSR count). The van der Waals surface area contributed by atoms with Crippen molar-refractivity contribution in [3.8, 4) is 0 Å². The van der Waals surface area contributed by atoms with E-state index >= 15 is 0 Å². The number of alkyl carbamates (subject to hydrolysis) is 1. The summed E-state index contributed by atoms with van der Waals surface area (Å²) in [5, 5.41) is 8.63. The Kier molecular flexibility index (Phi) is 6.43. The van der Waals surface area contributed by atoms with Gasteiger partial charge in [-0.25, -0.2) is 19.7 Å². The summed E-state index contributed by atoms with van der Waals surface area (Å²) in [6.45, 7) is 7.45. The number of hydrogen-bond donors (Lipinski definition) is 2. The van der Waals surface area contributed by atoms with E-state index in [0.29, 0.717) is 17.5 Å². The van der Waals surface area contributed by atoms with Crippen molar-refractivity contribution in [1.82, 2.24) is 20.3 Å². The van der Waals surface area contributed by atoms with Crippen molar-refractivity contribution in [3.63, 3.8) is 0 Å². The SMILES string of the molecule is Cc1cnc(Nc2nc([C@H](Cc3ccccc3)NC(=O)OC(C)(C)C)cs2)nc1. The molecule has 0 unspecified atom stereocenters. The van der Waals surface area contributed by atoms with Crippen LogP contribution in [0.5, 0.6) is 0 Å². The summed E-state index contributed by atoms with van der Waals surface area (Å²) in [6.07, 6.45) is 3.62. The summed E-state index contributed by atoms with van der Waals surface area (Å²) in [7, 11) is 0. The third-order valence-electron chi connectivity index (χ3n) is 3.85. The molecule has 7 nitrogen and oxygen atoms in total. The van der Waals surface area contributed by atoms with Crippen LogP contribution in [-0.4, -0.2) is 26.6 Å². The van der Waals surface area contributed by atoms with Gasteiger partial charge in [0.25, 0.3) is 0 Å². The highest BCUT2D eigenvalue weighted by atomic mass is 32.1. The molecule has 2 aromatic heterocycles. The van der Waals surface area contributed by atoms with Crippen LogP contribution in [0.1, 0.15) is 43.6 Å². The van der Waals surface area contributed by atoms with Gasteiger partial charge >= 0.3 is 6.09 Å². The van der Waals surface area contributed by atoms with E-state index in [-0.39, 0.29) is 6.04 Å². The van der Waals surface area contributed by atoms with Gasteiger partial charge in [-0.15, -0.1) is 11.3 Å². The molecule has 0 aliphatic rings. The number of anilines is 2. The number of thiazole rings is 1. The second kappa shape index (κ2) is 9.00. The zero-order chi connectivity index (χ0) is 20.9. The lowest BCUT2D eigenvalue weighted by molar-refractivity contribution is 0.0502. The highest BCUT2D eigenvalue weighted by Crippen LogP contribution is 2.25. The summed E-state index contributed by atoms with van der Waals surface area (Å²) >= 11 is 1.43. The second-order valence-electron chi connectivity index (χ2n) is 7.68. The molecule has 0 spiro atoms. The lowest BCUT2D eigenvalue weighted by Crippen LogP contribution is -2.35. The largest absolute Gasteiger partial charge is 0.444 e. The monoisotopic (exact) mass is 411 g/mol. The lowest BCUT2D eigenvalue weighted by atomic mass is 10.0. The Morgan fingerprint density at radius 3 is 2.52 bits per heavy atom. The fourth-order valence-corrected chi connectivity index (χ4v) is 3.34. The highest BCUT2D eigenvalue weighted by Gasteiger charge is 2.23. The molecular formula is C21H25N5O2S.